The van der Waals surface area contributed by atoms with E-state index in [0.717, 1.165) is 4.13 Å². The van der Waals surface area contributed by atoms with Gasteiger partial charge in [0.05, 0.1) is 26.7 Å². The molecule has 0 aliphatic heterocycles. The summed E-state index contributed by atoms with van der Waals surface area (Å²) in [5.74, 6) is 0. The van der Waals surface area contributed by atoms with E-state index in [1.165, 1.54) is 30.5 Å². The van der Waals surface area contributed by atoms with Gasteiger partial charge in [-0.3, -0.25) is 0 Å². The minimum absolute atomic E-state index is 1.15. The standard InChI is InChI=1S/C8H20N.F2NO4S2/c1-5-8-9(4,6-2)7-3;1-8(4,5)3-9(2,6)7/h5-8H2,1-4H3;/q+1;-1. The predicted molar refractivity (Wildman–Crippen MR) is 65.8 cm³/mol. The van der Waals surface area contributed by atoms with Crippen molar-refractivity contribution in [1.82, 2.24) is 0 Å². The van der Waals surface area contributed by atoms with E-state index >= 15 is 0 Å². The molecule has 0 radical (unpaired) electrons. The summed E-state index contributed by atoms with van der Waals surface area (Å²) in [5.41, 5.74) is 0. The number of nitrogens with zero attached hydrogens (tertiary/aromatic N) is 2. The second-order valence-electron chi connectivity index (χ2n) is 3.87. The normalized spacial score (nSPS) is 12.8. The van der Waals surface area contributed by atoms with Crippen LogP contribution in [0.5, 0.6) is 0 Å². The minimum Gasteiger partial charge on any atom is -0.379 e. The number of rotatable bonds is 6. The summed E-state index contributed by atoms with van der Waals surface area (Å²) < 4.78 is 61.3. The molecule has 0 aromatic heterocycles. The van der Waals surface area contributed by atoms with Crippen molar-refractivity contribution >= 4 is 20.8 Å². The highest BCUT2D eigenvalue weighted by atomic mass is 32.3. The molecule has 0 bridgehead atoms. The molecule has 0 unspecified atom stereocenters. The van der Waals surface area contributed by atoms with Crippen LogP contribution in [-0.2, 0) is 20.8 Å². The zero-order valence-electron chi connectivity index (χ0n) is 10.9. The summed E-state index contributed by atoms with van der Waals surface area (Å²) in [4.78, 5) is 0. The fourth-order valence-electron chi connectivity index (χ4n) is 1.19. The molecular formula is C8H20F2N2O4S2. The highest BCUT2D eigenvalue weighted by molar-refractivity contribution is 8.07. The molecule has 0 spiro atoms. The summed E-state index contributed by atoms with van der Waals surface area (Å²) in [5, 5.41) is 0. The van der Waals surface area contributed by atoms with Crippen LogP contribution in [0.4, 0.5) is 7.77 Å². The van der Waals surface area contributed by atoms with Gasteiger partial charge >= 0.3 is 0 Å². The highest BCUT2D eigenvalue weighted by Gasteiger charge is 2.13. The maximum atomic E-state index is 11.1. The first-order valence-corrected chi connectivity index (χ1v) is 8.04. The fourth-order valence-corrected chi connectivity index (χ4v) is 2.04. The quantitative estimate of drug-likeness (QED) is 0.552. The topological polar surface area (TPSA) is 82.4 Å². The number of halogens is 2. The zero-order valence-corrected chi connectivity index (χ0v) is 12.6. The zero-order chi connectivity index (χ0) is 15.0. The van der Waals surface area contributed by atoms with E-state index in [2.05, 4.69) is 27.8 Å². The monoisotopic (exact) mass is 310 g/mol. The van der Waals surface area contributed by atoms with E-state index in [4.69, 9.17) is 0 Å². The molecule has 0 rings (SSSR count). The third kappa shape index (κ3) is 13.7. The molecule has 0 aliphatic carbocycles. The Morgan fingerprint density at radius 2 is 1.28 bits per heavy atom. The van der Waals surface area contributed by atoms with Crippen molar-refractivity contribution < 1.29 is 29.1 Å². The average molecular weight is 310 g/mol. The van der Waals surface area contributed by atoms with E-state index < -0.39 is 20.8 Å². The van der Waals surface area contributed by atoms with Crippen LogP contribution in [0.15, 0.2) is 0 Å². The fraction of sp³-hybridized carbons (Fsp3) is 1.00. The van der Waals surface area contributed by atoms with Gasteiger partial charge in [0, 0.05) is 0 Å². The van der Waals surface area contributed by atoms with Crippen LogP contribution in [-0.4, -0.2) is 48.0 Å². The first kappa shape index (κ1) is 20.0. The van der Waals surface area contributed by atoms with Crippen molar-refractivity contribution in [3.05, 3.63) is 4.13 Å². The van der Waals surface area contributed by atoms with E-state index in [1.807, 2.05) is 0 Å². The Balaban J connectivity index is 0. The van der Waals surface area contributed by atoms with Gasteiger partial charge in [-0.05, 0) is 20.3 Å². The van der Waals surface area contributed by atoms with Crippen molar-refractivity contribution in [3.8, 4) is 0 Å². The summed E-state index contributed by atoms with van der Waals surface area (Å²) >= 11 is 0. The van der Waals surface area contributed by atoms with Crippen LogP contribution in [0.25, 0.3) is 4.13 Å². The molecule has 112 valence electrons. The molecule has 0 atom stereocenters. The molecule has 0 saturated heterocycles. The Hall–Kier alpha value is -0.320. The second kappa shape index (κ2) is 7.97. The van der Waals surface area contributed by atoms with Crippen LogP contribution < -0.4 is 0 Å². The van der Waals surface area contributed by atoms with Gasteiger partial charge in [0.1, 0.15) is 0 Å². The lowest BCUT2D eigenvalue weighted by Crippen LogP contribution is -2.43. The van der Waals surface area contributed by atoms with Gasteiger partial charge in [0.15, 0.2) is 0 Å². The van der Waals surface area contributed by atoms with E-state index in [0.29, 0.717) is 0 Å². The summed E-state index contributed by atoms with van der Waals surface area (Å²) in [6, 6.07) is 0. The van der Waals surface area contributed by atoms with Gasteiger partial charge in [0.2, 0.25) is 20.8 Å². The van der Waals surface area contributed by atoms with Crippen LogP contribution >= 0.6 is 0 Å². The Bertz CT molecular complexity index is 388. The van der Waals surface area contributed by atoms with Crippen molar-refractivity contribution in [3.63, 3.8) is 0 Å². The molecule has 6 nitrogen and oxygen atoms in total. The summed E-state index contributed by atoms with van der Waals surface area (Å²) in [7, 11) is -8.92. The van der Waals surface area contributed by atoms with Crippen molar-refractivity contribution in [2.24, 2.45) is 0 Å². The number of hydrogen-bond donors (Lipinski definition) is 0. The van der Waals surface area contributed by atoms with E-state index in [9.17, 15) is 24.6 Å². The summed E-state index contributed by atoms with van der Waals surface area (Å²) in [6.07, 6.45) is 1.30. The van der Waals surface area contributed by atoms with Crippen molar-refractivity contribution in [2.75, 3.05) is 26.7 Å². The van der Waals surface area contributed by atoms with E-state index in [1.54, 1.807) is 0 Å². The second-order valence-corrected chi connectivity index (χ2v) is 6.12. The minimum atomic E-state index is -5.62. The Kier molecular flexibility index (Phi) is 8.86. The van der Waals surface area contributed by atoms with Crippen molar-refractivity contribution in [1.29, 1.82) is 0 Å². The van der Waals surface area contributed by atoms with Crippen LogP contribution in [0.1, 0.15) is 27.2 Å². The average Bonchev–Trinajstić information content (AvgIpc) is 2.13. The van der Waals surface area contributed by atoms with Gasteiger partial charge in [-0.25, -0.2) is 16.8 Å². The first-order valence-electron chi connectivity index (χ1n) is 5.36. The smallest absolute Gasteiger partial charge is 0.241 e. The molecule has 0 aromatic rings. The maximum absolute atomic E-state index is 11.1. The van der Waals surface area contributed by atoms with E-state index in [-0.39, 0.29) is 0 Å². The molecule has 0 N–H and O–H groups in total. The molecule has 18 heavy (non-hydrogen) atoms. The van der Waals surface area contributed by atoms with Crippen LogP contribution in [0, 0.1) is 0 Å². The lowest BCUT2D eigenvalue weighted by molar-refractivity contribution is -0.906. The molecular weight excluding hydrogens is 290 g/mol. The maximum Gasteiger partial charge on any atom is 0.241 e. The van der Waals surface area contributed by atoms with Crippen molar-refractivity contribution in [2.45, 2.75) is 27.2 Å². The lowest BCUT2D eigenvalue weighted by atomic mass is 10.3. The van der Waals surface area contributed by atoms with Gasteiger partial charge in [-0.1, -0.05) is 6.92 Å². The Labute approximate surface area is 108 Å². The first-order chi connectivity index (χ1) is 7.89. The third-order valence-electron chi connectivity index (χ3n) is 2.47. The lowest BCUT2D eigenvalue weighted by Gasteiger charge is -2.31. The predicted octanol–water partition coefficient (Wildman–Crippen LogP) is 1.67. The Morgan fingerprint density at radius 3 is 1.33 bits per heavy atom. The SMILES string of the molecule is CCC[N+](C)(CC)CC.O=S(=O)(F)[N-]S(=O)(=O)F. The van der Waals surface area contributed by atoms with Crippen LogP contribution in [0.3, 0.4) is 0 Å². The van der Waals surface area contributed by atoms with Gasteiger partial charge in [-0.15, -0.1) is 7.77 Å². The number of quaternary nitrogens is 1. The molecule has 0 saturated carbocycles. The Morgan fingerprint density at radius 1 is 0.944 bits per heavy atom. The van der Waals surface area contributed by atoms with Gasteiger partial charge in [0.25, 0.3) is 0 Å². The molecule has 0 aliphatic rings. The molecule has 0 heterocycles. The molecule has 0 fully saturated rings. The molecule has 10 heteroatoms. The van der Waals surface area contributed by atoms with Gasteiger partial charge < -0.3 is 8.61 Å². The molecule has 0 aromatic carbocycles. The number of hydrogen-bond acceptors (Lipinski definition) is 4. The van der Waals surface area contributed by atoms with Crippen LogP contribution in [0.2, 0.25) is 0 Å². The largest absolute Gasteiger partial charge is 0.379 e. The highest BCUT2D eigenvalue weighted by Crippen LogP contribution is 2.11. The molecule has 0 amide bonds. The summed E-state index contributed by atoms with van der Waals surface area (Å²) in [6.45, 7) is 10.6. The van der Waals surface area contributed by atoms with Gasteiger partial charge in [-0.2, -0.15) is 0 Å². The third-order valence-corrected chi connectivity index (χ3v) is 3.89.